The first-order valence-corrected chi connectivity index (χ1v) is 7.64. The Morgan fingerprint density at radius 1 is 1.14 bits per heavy atom. The van der Waals surface area contributed by atoms with Crippen molar-refractivity contribution in [3.05, 3.63) is 59.4 Å². The third kappa shape index (κ3) is 4.33. The van der Waals surface area contributed by atoms with Crippen LogP contribution < -0.4 is 5.32 Å². The molecule has 2 aromatic rings. The smallest absolute Gasteiger partial charge is 0.237 e. The van der Waals surface area contributed by atoms with Crippen LogP contribution in [-0.2, 0) is 4.79 Å². The van der Waals surface area contributed by atoms with E-state index in [0.717, 1.165) is 4.90 Å². The van der Waals surface area contributed by atoms with E-state index in [9.17, 15) is 9.18 Å². The number of anilines is 1. The molecule has 0 spiro atoms. The van der Waals surface area contributed by atoms with Crippen LogP contribution in [0, 0.1) is 19.7 Å². The lowest BCUT2D eigenvalue weighted by Crippen LogP contribution is -2.22. The fraction of sp³-hybridized carbons (Fsp3) is 0.235. The van der Waals surface area contributed by atoms with Crippen LogP contribution in [0.1, 0.15) is 18.1 Å². The Hall–Kier alpha value is -1.81. The molecule has 0 aliphatic carbocycles. The van der Waals surface area contributed by atoms with E-state index in [1.165, 1.54) is 23.4 Å². The van der Waals surface area contributed by atoms with Gasteiger partial charge in [-0.15, -0.1) is 11.8 Å². The van der Waals surface area contributed by atoms with Crippen LogP contribution in [0.15, 0.2) is 47.4 Å². The van der Waals surface area contributed by atoms with E-state index in [1.807, 2.05) is 38.1 Å². The van der Waals surface area contributed by atoms with Gasteiger partial charge in [0.25, 0.3) is 0 Å². The Morgan fingerprint density at radius 2 is 1.81 bits per heavy atom. The van der Waals surface area contributed by atoms with Crippen LogP contribution in [0.4, 0.5) is 10.1 Å². The van der Waals surface area contributed by atoms with Crippen LogP contribution in [0.5, 0.6) is 0 Å². The fourth-order valence-corrected chi connectivity index (χ4v) is 2.66. The zero-order valence-electron chi connectivity index (χ0n) is 12.3. The Morgan fingerprint density at radius 3 is 2.43 bits per heavy atom. The van der Waals surface area contributed by atoms with Crippen LogP contribution in [-0.4, -0.2) is 11.2 Å². The number of carbonyl (C=O) groups excluding carboxylic acids is 1. The molecular weight excluding hydrogens is 285 g/mol. The molecule has 0 fully saturated rings. The van der Waals surface area contributed by atoms with Crippen molar-refractivity contribution in [2.75, 3.05) is 5.32 Å². The molecule has 0 radical (unpaired) electrons. The minimum absolute atomic E-state index is 0.135. The van der Waals surface area contributed by atoms with E-state index < -0.39 is 0 Å². The van der Waals surface area contributed by atoms with Gasteiger partial charge in [-0.25, -0.2) is 4.39 Å². The summed E-state index contributed by atoms with van der Waals surface area (Å²) >= 11 is 1.48. The molecule has 110 valence electrons. The molecule has 0 aromatic heterocycles. The van der Waals surface area contributed by atoms with Gasteiger partial charge in [-0.05, 0) is 50.6 Å². The second-order valence-corrected chi connectivity index (χ2v) is 6.44. The first-order chi connectivity index (χ1) is 9.95. The fourth-order valence-electron chi connectivity index (χ4n) is 1.79. The molecule has 1 atom stereocenters. The number of aryl methyl sites for hydroxylation is 2. The van der Waals surface area contributed by atoms with Gasteiger partial charge in [0, 0.05) is 10.6 Å². The summed E-state index contributed by atoms with van der Waals surface area (Å²) in [5, 5.41) is 2.49. The third-order valence-electron chi connectivity index (χ3n) is 3.14. The molecule has 0 saturated carbocycles. The summed E-state index contributed by atoms with van der Waals surface area (Å²) in [6.07, 6.45) is 0. The highest BCUT2D eigenvalue weighted by atomic mass is 32.2. The lowest BCUT2D eigenvalue weighted by Gasteiger charge is -2.12. The Balaban J connectivity index is 1.98. The summed E-state index contributed by atoms with van der Waals surface area (Å²) in [6, 6.07) is 12.7. The molecule has 21 heavy (non-hydrogen) atoms. The van der Waals surface area contributed by atoms with Crippen molar-refractivity contribution in [3.63, 3.8) is 0 Å². The highest BCUT2D eigenvalue weighted by Gasteiger charge is 2.15. The summed E-state index contributed by atoms with van der Waals surface area (Å²) in [5.74, 6) is -0.449. The van der Waals surface area contributed by atoms with Crippen molar-refractivity contribution >= 4 is 23.4 Å². The van der Waals surface area contributed by atoms with E-state index >= 15 is 0 Å². The van der Waals surface area contributed by atoms with Crippen LogP contribution in [0.25, 0.3) is 0 Å². The van der Waals surface area contributed by atoms with Crippen LogP contribution in [0.2, 0.25) is 0 Å². The molecular formula is C17H18FNOS. The maximum atomic E-state index is 13.5. The number of thioether (sulfide) groups is 1. The summed E-state index contributed by atoms with van der Waals surface area (Å²) < 4.78 is 13.5. The largest absolute Gasteiger partial charge is 0.325 e. The number of halogens is 1. The Labute approximate surface area is 128 Å². The minimum atomic E-state index is -0.313. The Bertz CT molecular complexity index is 640. The molecule has 2 aromatic carbocycles. The molecule has 0 bridgehead atoms. The van der Waals surface area contributed by atoms with E-state index in [-0.39, 0.29) is 17.0 Å². The number of benzene rings is 2. The highest BCUT2D eigenvalue weighted by molar-refractivity contribution is 8.00. The predicted molar refractivity (Wildman–Crippen MR) is 86.3 cm³/mol. The van der Waals surface area contributed by atoms with Gasteiger partial charge in [-0.1, -0.05) is 23.8 Å². The van der Waals surface area contributed by atoms with Gasteiger partial charge in [0.05, 0.1) is 5.25 Å². The molecule has 2 rings (SSSR count). The summed E-state index contributed by atoms with van der Waals surface area (Å²) in [6.45, 7) is 5.55. The Kier molecular flexibility index (Phi) is 5.02. The zero-order valence-corrected chi connectivity index (χ0v) is 13.1. The lowest BCUT2D eigenvalue weighted by atomic mass is 10.2. The average molecular weight is 303 g/mol. The number of hydrogen-bond donors (Lipinski definition) is 1. The molecule has 4 heteroatoms. The zero-order chi connectivity index (χ0) is 15.4. The first kappa shape index (κ1) is 15.6. The van der Waals surface area contributed by atoms with Gasteiger partial charge < -0.3 is 5.32 Å². The van der Waals surface area contributed by atoms with E-state index in [1.54, 1.807) is 19.1 Å². The summed E-state index contributed by atoms with van der Waals surface area (Å²) in [4.78, 5) is 13.2. The molecule has 0 saturated heterocycles. The molecule has 1 unspecified atom stereocenters. The van der Waals surface area contributed by atoms with E-state index in [4.69, 9.17) is 0 Å². The lowest BCUT2D eigenvalue weighted by molar-refractivity contribution is -0.115. The molecule has 1 amide bonds. The summed E-state index contributed by atoms with van der Waals surface area (Å²) in [5.41, 5.74) is 2.24. The topological polar surface area (TPSA) is 29.1 Å². The predicted octanol–water partition coefficient (Wildman–Crippen LogP) is 4.56. The second kappa shape index (κ2) is 6.76. The number of nitrogens with one attached hydrogen (secondary N) is 1. The molecule has 0 aliphatic rings. The third-order valence-corrected chi connectivity index (χ3v) is 4.25. The van der Waals surface area contributed by atoms with Gasteiger partial charge in [0.15, 0.2) is 0 Å². The van der Waals surface area contributed by atoms with Crippen molar-refractivity contribution in [1.29, 1.82) is 0 Å². The normalized spacial score (nSPS) is 12.0. The number of rotatable bonds is 4. The average Bonchev–Trinajstić information content (AvgIpc) is 2.45. The summed E-state index contributed by atoms with van der Waals surface area (Å²) in [7, 11) is 0. The monoisotopic (exact) mass is 303 g/mol. The molecule has 0 heterocycles. The number of amides is 1. The van der Waals surface area contributed by atoms with Crippen molar-refractivity contribution in [2.24, 2.45) is 0 Å². The van der Waals surface area contributed by atoms with Gasteiger partial charge >= 0.3 is 0 Å². The maximum Gasteiger partial charge on any atom is 0.237 e. The second-order valence-electron chi connectivity index (χ2n) is 5.03. The standard InChI is InChI=1S/C17H18FNOS/c1-11-4-8-15(9-5-11)21-13(3)17(20)19-14-7-6-12(2)16(18)10-14/h4-10,13H,1-3H3,(H,19,20). The molecule has 2 nitrogen and oxygen atoms in total. The SMILES string of the molecule is Cc1ccc(SC(C)C(=O)Nc2ccc(C)c(F)c2)cc1. The molecule has 1 N–H and O–H groups in total. The maximum absolute atomic E-state index is 13.5. The van der Waals surface area contributed by atoms with Gasteiger partial charge in [0.2, 0.25) is 5.91 Å². The first-order valence-electron chi connectivity index (χ1n) is 6.76. The van der Waals surface area contributed by atoms with Crippen LogP contribution >= 0.6 is 11.8 Å². The van der Waals surface area contributed by atoms with E-state index in [0.29, 0.717) is 11.3 Å². The van der Waals surface area contributed by atoms with Crippen molar-refractivity contribution in [2.45, 2.75) is 30.9 Å². The van der Waals surface area contributed by atoms with Crippen molar-refractivity contribution in [3.8, 4) is 0 Å². The van der Waals surface area contributed by atoms with Gasteiger partial charge in [-0.2, -0.15) is 0 Å². The van der Waals surface area contributed by atoms with Crippen molar-refractivity contribution < 1.29 is 9.18 Å². The van der Waals surface area contributed by atoms with Gasteiger partial charge in [-0.3, -0.25) is 4.79 Å². The minimum Gasteiger partial charge on any atom is -0.325 e. The van der Waals surface area contributed by atoms with Crippen LogP contribution in [0.3, 0.4) is 0 Å². The van der Waals surface area contributed by atoms with Gasteiger partial charge in [0.1, 0.15) is 5.82 Å². The number of hydrogen-bond acceptors (Lipinski definition) is 2. The van der Waals surface area contributed by atoms with Crippen molar-refractivity contribution in [1.82, 2.24) is 0 Å². The number of carbonyl (C=O) groups is 1. The highest BCUT2D eigenvalue weighted by Crippen LogP contribution is 2.24. The molecule has 0 aliphatic heterocycles. The van der Waals surface area contributed by atoms with E-state index in [2.05, 4.69) is 5.32 Å². The quantitative estimate of drug-likeness (QED) is 0.839.